The molecule has 1 aromatic heterocycles. The number of carbonyl (C=O) groups excluding carboxylic acids is 1. The number of benzene rings is 1. The van der Waals surface area contributed by atoms with E-state index in [1.165, 1.54) is 16.1 Å². The summed E-state index contributed by atoms with van der Waals surface area (Å²) in [4.78, 5) is 37.3. The SMILES string of the molecule is CN(C)C(=O)c1ccc(Nc2ncnc3c2OCCN3C2CCN(C(=O)O)CC2)c(Cl)c1. The fraction of sp³-hybridized carbons (Fsp3) is 0.429. The summed E-state index contributed by atoms with van der Waals surface area (Å²) in [6, 6.07) is 5.23. The fourth-order valence-corrected chi connectivity index (χ4v) is 4.23. The van der Waals surface area contributed by atoms with Crippen LogP contribution >= 0.6 is 11.6 Å². The minimum absolute atomic E-state index is 0.134. The molecule has 2 aliphatic heterocycles. The number of nitrogens with zero attached hydrogens (tertiary/aromatic N) is 5. The van der Waals surface area contributed by atoms with E-state index in [0.29, 0.717) is 59.9 Å². The van der Waals surface area contributed by atoms with Crippen molar-refractivity contribution < 1.29 is 19.4 Å². The first-order valence-corrected chi connectivity index (χ1v) is 10.7. The van der Waals surface area contributed by atoms with Gasteiger partial charge in [0, 0.05) is 38.8 Å². The molecular formula is C21H25ClN6O4. The van der Waals surface area contributed by atoms with Gasteiger partial charge in [0.1, 0.15) is 12.9 Å². The first-order valence-electron chi connectivity index (χ1n) is 10.4. The second kappa shape index (κ2) is 9.07. The molecule has 1 saturated heterocycles. The lowest BCUT2D eigenvalue weighted by Crippen LogP contribution is -2.49. The lowest BCUT2D eigenvalue weighted by atomic mass is 10.0. The van der Waals surface area contributed by atoms with Crippen molar-refractivity contribution in [3.8, 4) is 5.75 Å². The molecule has 170 valence electrons. The predicted octanol–water partition coefficient (Wildman–Crippen LogP) is 2.92. The van der Waals surface area contributed by atoms with E-state index < -0.39 is 6.09 Å². The molecule has 0 unspecified atom stereocenters. The van der Waals surface area contributed by atoms with Gasteiger partial charge < -0.3 is 29.9 Å². The summed E-state index contributed by atoms with van der Waals surface area (Å²) in [6.45, 7) is 2.13. The Hall–Kier alpha value is -3.27. The maximum atomic E-state index is 12.2. The highest BCUT2D eigenvalue weighted by Crippen LogP contribution is 2.39. The summed E-state index contributed by atoms with van der Waals surface area (Å²) >= 11 is 6.42. The van der Waals surface area contributed by atoms with Crippen LogP contribution in [0.15, 0.2) is 24.5 Å². The van der Waals surface area contributed by atoms with Crippen LogP contribution in [0.1, 0.15) is 23.2 Å². The van der Waals surface area contributed by atoms with Gasteiger partial charge in [-0.1, -0.05) is 11.6 Å². The average Bonchev–Trinajstić information content (AvgIpc) is 2.79. The monoisotopic (exact) mass is 460 g/mol. The number of hydrogen-bond acceptors (Lipinski definition) is 7. The van der Waals surface area contributed by atoms with Crippen molar-refractivity contribution in [2.75, 3.05) is 50.6 Å². The molecule has 2 aromatic rings. The van der Waals surface area contributed by atoms with Crippen LogP contribution in [0.3, 0.4) is 0 Å². The van der Waals surface area contributed by atoms with E-state index in [-0.39, 0.29) is 11.9 Å². The number of hydrogen-bond donors (Lipinski definition) is 2. The zero-order valence-corrected chi connectivity index (χ0v) is 18.7. The maximum Gasteiger partial charge on any atom is 0.407 e. The Bertz CT molecular complexity index is 1030. The van der Waals surface area contributed by atoms with Crippen molar-refractivity contribution in [1.29, 1.82) is 0 Å². The van der Waals surface area contributed by atoms with E-state index in [0.717, 1.165) is 12.8 Å². The number of amides is 2. The van der Waals surface area contributed by atoms with Crippen LogP contribution in [0.2, 0.25) is 5.02 Å². The van der Waals surface area contributed by atoms with E-state index in [1.54, 1.807) is 32.3 Å². The second-order valence-electron chi connectivity index (χ2n) is 7.94. The highest BCUT2D eigenvalue weighted by molar-refractivity contribution is 6.33. The average molecular weight is 461 g/mol. The zero-order valence-electron chi connectivity index (χ0n) is 17.9. The maximum absolute atomic E-state index is 12.2. The van der Waals surface area contributed by atoms with Gasteiger partial charge in [-0.2, -0.15) is 0 Å². The predicted molar refractivity (Wildman–Crippen MR) is 120 cm³/mol. The number of halogens is 1. The summed E-state index contributed by atoms with van der Waals surface area (Å²) in [7, 11) is 3.37. The van der Waals surface area contributed by atoms with Crippen molar-refractivity contribution in [2.45, 2.75) is 18.9 Å². The summed E-state index contributed by atoms with van der Waals surface area (Å²) in [5.74, 6) is 1.56. The van der Waals surface area contributed by atoms with Crippen molar-refractivity contribution in [3.05, 3.63) is 35.1 Å². The topological polar surface area (TPSA) is 111 Å². The lowest BCUT2D eigenvalue weighted by molar-refractivity contribution is 0.0827. The normalized spacial score (nSPS) is 16.2. The smallest absolute Gasteiger partial charge is 0.407 e. The number of piperidine rings is 1. The van der Waals surface area contributed by atoms with Gasteiger partial charge in [-0.3, -0.25) is 4.79 Å². The third-order valence-corrected chi connectivity index (χ3v) is 6.00. The van der Waals surface area contributed by atoms with Gasteiger partial charge in [0.05, 0.1) is 17.3 Å². The largest absolute Gasteiger partial charge is 0.485 e. The molecule has 3 heterocycles. The van der Waals surface area contributed by atoms with E-state index in [4.69, 9.17) is 16.3 Å². The minimum Gasteiger partial charge on any atom is -0.485 e. The van der Waals surface area contributed by atoms with Crippen molar-refractivity contribution in [2.24, 2.45) is 0 Å². The summed E-state index contributed by atoms with van der Waals surface area (Å²) in [6.07, 6.45) is 2.04. The highest BCUT2D eigenvalue weighted by atomic mass is 35.5. The number of carboxylic acid groups (broad SMARTS) is 1. The van der Waals surface area contributed by atoms with E-state index >= 15 is 0 Å². The first-order chi connectivity index (χ1) is 15.3. The van der Waals surface area contributed by atoms with Gasteiger partial charge in [-0.05, 0) is 31.0 Å². The van der Waals surface area contributed by atoms with Crippen LogP contribution in [0.4, 0.5) is 22.1 Å². The van der Waals surface area contributed by atoms with Crippen molar-refractivity contribution in [3.63, 3.8) is 0 Å². The Labute approximate surface area is 190 Å². The molecule has 32 heavy (non-hydrogen) atoms. The van der Waals surface area contributed by atoms with Gasteiger partial charge in [-0.15, -0.1) is 0 Å². The summed E-state index contributed by atoms with van der Waals surface area (Å²) in [5, 5.41) is 12.8. The number of nitrogens with one attached hydrogen (secondary N) is 1. The third-order valence-electron chi connectivity index (χ3n) is 5.69. The standard InChI is InChI=1S/C21H25ClN6O4/c1-26(2)20(29)13-3-4-16(15(22)11-13)25-18-17-19(24-12-23-18)28(9-10-32-17)14-5-7-27(8-6-14)21(30)31/h3-4,11-12,14H,5-10H2,1-2H3,(H,30,31)(H,23,24,25). The molecule has 2 aliphatic rings. The summed E-state index contributed by atoms with van der Waals surface area (Å²) < 4.78 is 5.90. The van der Waals surface area contributed by atoms with E-state index in [2.05, 4.69) is 20.2 Å². The molecule has 1 aromatic carbocycles. The van der Waals surface area contributed by atoms with E-state index in [1.807, 2.05) is 0 Å². The molecule has 0 radical (unpaired) electrons. The number of anilines is 3. The molecule has 0 saturated carbocycles. The minimum atomic E-state index is -0.880. The molecule has 2 amide bonds. The molecule has 0 atom stereocenters. The van der Waals surface area contributed by atoms with Crippen LogP contribution < -0.4 is 15.0 Å². The number of fused-ring (bicyclic) bond motifs is 1. The molecule has 2 N–H and O–H groups in total. The molecule has 10 nitrogen and oxygen atoms in total. The second-order valence-corrected chi connectivity index (χ2v) is 8.34. The Morgan fingerprint density at radius 2 is 1.97 bits per heavy atom. The van der Waals surface area contributed by atoms with Crippen LogP contribution in [0, 0.1) is 0 Å². The molecule has 1 fully saturated rings. The van der Waals surface area contributed by atoms with Crippen LogP contribution in [-0.2, 0) is 0 Å². The molecule has 11 heteroatoms. The van der Waals surface area contributed by atoms with E-state index in [9.17, 15) is 14.7 Å². The molecule has 0 aliphatic carbocycles. The quantitative estimate of drug-likeness (QED) is 0.716. The lowest BCUT2D eigenvalue weighted by Gasteiger charge is -2.40. The number of likely N-dealkylation sites (tertiary alicyclic amines) is 1. The first kappa shape index (κ1) is 21.9. The third kappa shape index (κ3) is 4.36. The zero-order chi connectivity index (χ0) is 22.8. The summed E-state index contributed by atoms with van der Waals surface area (Å²) in [5.41, 5.74) is 1.09. The molecule has 0 bridgehead atoms. The fourth-order valence-electron chi connectivity index (χ4n) is 4.00. The van der Waals surface area contributed by atoms with Gasteiger partial charge in [0.25, 0.3) is 5.91 Å². The number of rotatable bonds is 4. The Kier molecular flexibility index (Phi) is 6.22. The van der Waals surface area contributed by atoms with Crippen molar-refractivity contribution in [1.82, 2.24) is 19.8 Å². The highest BCUT2D eigenvalue weighted by Gasteiger charge is 2.32. The Morgan fingerprint density at radius 1 is 1.22 bits per heavy atom. The molecule has 4 rings (SSSR count). The number of ether oxygens (including phenoxy) is 1. The van der Waals surface area contributed by atoms with Gasteiger partial charge in [0.15, 0.2) is 11.6 Å². The van der Waals surface area contributed by atoms with Gasteiger partial charge in [0.2, 0.25) is 5.75 Å². The number of carbonyl (C=O) groups is 2. The Balaban J connectivity index is 1.55. The van der Waals surface area contributed by atoms with Gasteiger partial charge in [-0.25, -0.2) is 14.8 Å². The van der Waals surface area contributed by atoms with Crippen LogP contribution in [-0.4, -0.2) is 83.3 Å². The Morgan fingerprint density at radius 3 is 2.62 bits per heavy atom. The number of aromatic nitrogens is 2. The van der Waals surface area contributed by atoms with Crippen LogP contribution in [0.25, 0.3) is 0 Å². The van der Waals surface area contributed by atoms with Gasteiger partial charge >= 0.3 is 6.09 Å². The van der Waals surface area contributed by atoms with Crippen LogP contribution in [0.5, 0.6) is 5.75 Å². The molecule has 0 spiro atoms. The molecular weight excluding hydrogens is 436 g/mol. The van der Waals surface area contributed by atoms with Crippen molar-refractivity contribution >= 4 is 40.9 Å².